The molecule has 3 nitrogen and oxygen atoms in total. The monoisotopic (exact) mass is 327 g/mol. The van der Waals surface area contributed by atoms with Gasteiger partial charge in [-0.25, -0.2) is 0 Å². The van der Waals surface area contributed by atoms with Gasteiger partial charge in [-0.3, -0.25) is 0 Å². The highest BCUT2D eigenvalue weighted by molar-refractivity contribution is 5.35. The quantitative estimate of drug-likeness (QED) is 0.794. The van der Waals surface area contributed by atoms with E-state index in [0.717, 1.165) is 29.8 Å². The first kappa shape index (κ1) is 18.5. The highest BCUT2D eigenvalue weighted by atomic mass is 16.5. The number of ether oxygens (including phenoxy) is 1. The van der Waals surface area contributed by atoms with Gasteiger partial charge in [0.1, 0.15) is 5.75 Å². The van der Waals surface area contributed by atoms with Crippen molar-refractivity contribution in [3.63, 3.8) is 0 Å². The lowest BCUT2D eigenvalue weighted by Gasteiger charge is -2.38. The Hall–Kier alpha value is -1.84. The average Bonchev–Trinajstić information content (AvgIpc) is 2.60. The van der Waals surface area contributed by atoms with Crippen molar-refractivity contribution >= 4 is 0 Å². The molecule has 0 aliphatic heterocycles. The number of nitrogens with zero attached hydrogens (tertiary/aromatic N) is 1. The van der Waals surface area contributed by atoms with Gasteiger partial charge in [0, 0.05) is 12.5 Å². The zero-order chi connectivity index (χ0) is 17.6. The van der Waals surface area contributed by atoms with Gasteiger partial charge in [-0.1, -0.05) is 55.8 Å². The SMILES string of the molecule is CCC[C@](O)(c1ccc(OC)cc1)[C@@H](CN(C)C)c1ccccc1. The molecule has 0 bridgehead atoms. The molecule has 0 aliphatic rings. The fourth-order valence-electron chi connectivity index (χ4n) is 3.36. The van der Waals surface area contributed by atoms with Crippen molar-refractivity contribution in [3.8, 4) is 5.75 Å². The molecule has 0 heterocycles. The smallest absolute Gasteiger partial charge is 0.118 e. The lowest BCUT2D eigenvalue weighted by atomic mass is 9.74. The fourth-order valence-corrected chi connectivity index (χ4v) is 3.36. The van der Waals surface area contributed by atoms with Gasteiger partial charge in [-0.05, 0) is 43.8 Å². The lowest BCUT2D eigenvalue weighted by molar-refractivity contribution is -0.00975. The van der Waals surface area contributed by atoms with Gasteiger partial charge < -0.3 is 14.7 Å². The highest BCUT2D eigenvalue weighted by Crippen LogP contribution is 2.41. The van der Waals surface area contributed by atoms with Crippen LogP contribution in [0.1, 0.15) is 36.8 Å². The van der Waals surface area contributed by atoms with E-state index in [2.05, 4.69) is 38.1 Å². The van der Waals surface area contributed by atoms with Crippen LogP contribution >= 0.6 is 0 Å². The van der Waals surface area contributed by atoms with Crippen molar-refractivity contribution in [2.45, 2.75) is 31.3 Å². The number of hydrogen-bond acceptors (Lipinski definition) is 3. The Morgan fingerprint density at radius 3 is 2.17 bits per heavy atom. The summed E-state index contributed by atoms with van der Waals surface area (Å²) in [5, 5.41) is 11.7. The van der Waals surface area contributed by atoms with Gasteiger partial charge in [-0.15, -0.1) is 0 Å². The topological polar surface area (TPSA) is 32.7 Å². The molecule has 3 heteroatoms. The van der Waals surface area contributed by atoms with Gasteiger partial charge in [0.15, 0.2) is 0 Å². The number of benzene rings is 2. The van der Waals surface area contributed by atoms with Gasteiger partial charge in [0.05, 0.1) is 12.7 Å². The van der Waals surface area contributed by atoms with E-state index in [0.29, 0.717) is 6.42 Å². The molecule has 2 rings (SSSR count). The minimum Gasteiger partial charge on any atom is -0.497 e. The highest BCUT2D eigenvalue weighted by Gasteiger charge is 2.38. The minimum absolute atomic E-state index is 0.00189. The van der Waals surface area contributed by atoms with Crippen LogP contribution in [0, 0.1) is 0 Å². The van der Waals surface area contributed by atoms with E-state index in [4.69, 9.17) is 4.74 Å². The molecule has 0 amide bonds. The maximum atomic E-state index is 11.7. The van der Waals surface area contributed by atoms with E-state index in [1.165, 1.54) is 0 Å². The van der Waals surface area contributed by atoms with Crippen molar-refractivity contribution in [1.82, 2.24) is 4.90 Å². The van der Waals surface area contributed by atoms with Gasteiger partial charge in [0.2, 0.25) is 0 Å². The zero-order valence-corrected chi connectivity index (χ0v) is 15.2. The second-order valence-electron chi connectivity index (χ2n) is 6.63. The first-order valence-electron chi connectivity index (χ1n) is 8.57. The van der Waals surface area contributed by atoms with Crippen LogP contribution in [0.15, 0.2) is 54.6 Å². The summed E-state index contributed by atoms with van der Waals surface area (Å²) in [5.74, 6) is 0.809. The predicted molar refractivity (Wildman–Crippen MR) is 99.5 cm³/mol. The molecule has 2 aromatic rings. The molecule has 0 saturated heterocycles. The van der Waals surface area contributed by atoms with Crippen LogP contribution in [0.2, 0.25) is 0 Å². The number of methoxy groups -OCH3 is 1. The Balaban J connectivity index is 2.49. The van der Waals surface area contributed by atoms with Crippen molar-refractivity contribution < 1.29 is 9.84 Å². The molecular weight excluding hydrogens is 298 g/mol. The molecule has 0 spiro atoms. The Morgan fingerprint density at radius 1 is 1.04 bits per heavy atom. The van der Waals surface area contributed by atoms with Crippen LogP contribution in [0.4, 0.5) is 0 Å². The second kappa shape index (κ2) is 8.32. The van der Waals surface area contributed by atoms with Crippen LogP contribution in [0.25, 0.3) is 0 Å². The summed E-state index contributed by atoms with van der Waals surface area (Å²) in [5.41, 5.74) is 1.20. The molecule has 0 aromatic heterocycles. The van der Waals surface area contributed by atoms with Crippen molar-refractivity contribution in [2.75, 3.05) is 27.7 Å². The van der Waals surface area contributed by atoms with Crippen molar-refractivity contribution in [2.24, 2.45) is 0 Å². The molecule has 0 unspecified atom stereocenters. The van der Waals surface area contributed by atoms with Crippen LogP contribution < -0.4 is 4.74 Å². The van der Waals surface area contributed by atoms with Crippen LogP contribution in [0.3, 0.4) is 0 Å². The molecule has 2 atom stereocenters. The molecule has 2 aromatic carbocycles. The average molecular weight is 327 g/mol. The summed E-state index contributed by atoms with van der Waals surface area (Å²) in [7, 11) is 5.76. The molecule has 0 fully saturated rings. The summed E-state index contributed by atoms with van der Waals surface area (Å²) in [4.78, 5) is 2.14. The first-order valence-corrected chi connectivity index (χ1v) is 8.57. The molecule has 0 saturated carbocycles. The Kier molecular flexibility index (Phi) is 6.41. The minimum atomic E-state index is -0.910. The maximum Gasteiger partial charge on any atom is 0.118 e. The number of likely N-dealkylation sites (N-methyl/N-ethyl adjacent to an activating group) is 1. The van der Waals surface area contributed by atoms with Crippen LogP contribution in [0.5, 0.6) is 5.75 Å². The van der Waals surface area contributed by atoms with Gasteiger partial charge >= 0.3 is 0 Å². The third-order valence-corrected chi connectivity index (χ3v) is 4.55. The molecule has 0 radical (unpaired) electrons. The molecule has 0 aliphatic carbocycles. The second-order valence-corrected chi connectivity index (χ2v) is 6.63. The Bertz CT molecular complexity index is 609. The number of rotatable bonds is 8. The summed E-state index contributed by atoms with van der Waals surface area (Å²) >= 11 is 0. The van der Waals surface area contributed by atoms with E-state index < -0.39 is 5.60 Å². The molecular formula is C21H29NO2. The number of hydrogen-bond donors (Lipinski definition) is 1. The van der Waals surface area contributed by atoms with E-state index in [9.17, 15) is 5.11 Å². The molecule has 24 heavy (non-hydrogen) atoms. The largest absolute Gasteiger partial charge is 0.497 e. The zero-order valence-electron chi connectivity index (χ0n) is 15.2. The van der Waals surface area contributed by atoms with Crippen LogP contribution in [-0.4, -0.2) is 37.8 Å². The Labute approximate surface area is 145 Å². The van der Waals surface area contributed by atoms with E-state index in [-0.39, 0.29) is 5.92 Å². The van der Waals surface area contributed by atoms with E-state index in [1.54, 1.807) is 7.11 Å². The normalized spacial score (nSPS) is 15.1. The summed E-state index contributed by atoms with van der Waals surface area (Å²) < 4.78 is 5.26. The van der Waals surface area contributed by atoms with Gasteiger partial charge in [-0.2, -0.15) is 0 Å². The van der Waals surface area contributed by atoms with Crippen LogP contribution in [-0.2, 0) is 5.60 Å². The standard InChI is InChI=1S/C21H29NO2/c1-5-15-21(23,18-11-13-19(24-4)14-12-18)20(16-22(2)3)17-9-7-6-8-10-17/h6-14,20,23H,5,15-16H2,1-4H3/t20-,21-/m0/s1. The van der Waals surface area contributed by atoms with E-state index >= 15 is 0 Å². The van der Waals surface area contributed by atoms with Crippen molar-refractivity contribution in [3.05, 3.63) is 65.7 Å². The molecule has 130 valence electrons. The summed E-state index contributed by atoms with van der Waals surface area (Å²) in [6, 6.07) is 18.1. The van der Waals surface area contributed by atoms with Crippen molar-refractivity contribution in [1.29, 1.82) is 0 Å². The van der Waals surface area contributed by atoms with Gasteiger partial charge in [0.25, 0.3) is 0 Å². The fraction of sp³-hybridized carbons (Fsp3) is 0.429. The Morgan fingerprint density at radius 2 is 1.67 bits per heavy atom. The third kappa shape index (κ3) is 4.16. The van der Waals surface area contributed by atoms with E-state index in [1.807, 2.05) is 42.5 Å². The number of aliphatic hydroxyl groups is 1. The summed E-state index contributed by atoms with van der Waals surface area (Å²) in [6.45, 7) is 2.90. The third-order valence-electron chi connectivity index (χ3n) is 4.55. The first-order chi connectivity index (χ1) is 11.5. The lowest BCUT2D eigenvalue weighted by Crippen LogP contribution is -2.39. The molecule has 1 N–H and O–H groups in total. The predicted octanol–water partition coefficient (Wildman–Crippen LogP) is 4.03. The maximum absolute atomic E-state index is 11.7. The summed E-state index contributed by atoms with van der Waals surface area (Å²) in [6.07, 6.45) is 1.63.